The fourth-order valence-electron chi connectivity index (χ4n) is 3.62. The zero-order chi connectivity index (χ0) is 21.6. The van der Waals surface area contributed by atoms with Crippen LogP contribution in [0.3, 0.4) is 0 Å². The maximum Gasteiger partial charge on any atom is 0.236 e. The second kappa shape index (κ2) is 10.1. The molecule has 6 nitrogen and oxygen atoms in total. The number of hydrogen-bond donors (Lipinski definition) is 1. The molecule has 31 heavy (non-hydrogen) atoms. The van der Waals surface area contributed by atoms with Crippen molar-refractivity contribution in [3.8, 4) is 0 Å². The summed E-state index contributed by atoms with van der Waals surface area (Å²) in [5.74, 6) is 1.14. The van der Waals surface area contributed by atoms with Crippen LogP contribution in [0.15, 0.2) is 54.6 Å². The van der Waals surface area contributed by atoms with Crippen molar-refractivity contribution < 1.29 is 9.59 Å². The van der Waals surface area contributed by atoms with E-state index in [9.17, 15) is 9.59 Å². The van der Waals surface area contributed by atoms with Gasteiger partial charge in [-0.2, -0.15) is 0 Å². The molecule has 2 heterocycles. The van der Waals surface area contributed by atoms with E-state index >= 15 is 0 Å². The fourth-order valence-corrected chi connectivity index (χ4v) is 5.26. The first-order valence-electron chi connectivity index (χ1n) is 10.3. The van der Waals surface area contributed by atoms with Crippen molar-refractivity contribution in [2.45, 2.75) is 31.4 Å². The number of carbonyl (C=O) groups excluding carboxylic acids is 2. The number of benzene rings is 2. The van der Waals surface area contributed by atoms with Crippen LogP contribution in [-0.4, -0.2) is 34.3 Å². The molecule has 1 atom stereocenters. The van der Waals surface area contributed by atoms with Crippen LogP contribution in [0.5, 0.6) is 0 Å². The lowest BCUT2D eigenvalue weighted by Crippen LogP contribution is -2.25. The molecule has 1 aromatic heterocycles. The average Bonchev–Trinajstić information content (AvgIpc) is 3.41. The molecule has 0 radical (unpaired) electrons. The van der Waals surface area contributed by atoms with Crippen LogP contribution < -0.4 is 10.2 Å². The van der Waals surface area contributed by atoms with E-state index in [-0.39, 0.29) is 17.7 Å². The summed E-state index contributed by atoms with van der Waals surface area (Å²) in [7, 11) is 0. The third kappa shape index (κ3) is 5.32. The van der Waals surface area contributed by atoms with Crippen molar-refractivity contribution in [1.82, 2.24) is 10.2 Å². The van der Waals surface area contributed by atoms with E-state index in [4.69, 9.17) is 0 Å². The molecule has 2 amide bonds. The van der Waals surface area contributed by atoms with Crippen LogP contribution in [-0.2, 0) is 21.8 Å². The quantitative estimate of drug-likeness (QED) is 0.545. The van der Waals surface area contributed by atoms with Gasteiger partial charge in [-0.1, -0.05) is 66.8 Å². The third-order valence-electron chi connectivity index (χ3n) is 5.17. The number of aryl methyl sites for hydroxylation is 1. The molecule has 1 aliphatic heterocycles. The van der Waals surface area contributed by atoms with Gasteiger partial charge < -0.3 is 4.90 Å². The number of nitrogens with zero attached hydrogens (tertiary/aromatic N) is 3. The lowest BCUT2D eigenvalue weighted by molar-refractivity contribution is -0.117. The monoisotopic (exact) mass is 452 g/mol. The Morgan fingerprint density at radius 2 is 1.94 bits per heavy atom. The molecule has 160 valence electrons. The average molecular weight is 453 g/mol. The number of thioether (sulfide) groups is 1. The number of rotatable bonds is 8. The first kappa shape index (κ1) is 21.5. The first-order chi connectivity index (χ1) is 15.1. The number of para-hydroxylation sites is 1. The van der Waals surface area contributed by atoms with Gasteiger partial charge in [0.2, 0.25) is 16.9 Å². The van der Waals surface area contributed by atoms with Crippen LogP contribution in [0.25, 0.3) is 0 Å². The Kier molecular flexibility index (Phi) is 6.99. The number of anilines is 2. The molecule has 0 bridgehead atoms. The van der Waals surface area contributed by atoms with Crippen LogP contribution in [0, 0.1) is 0 Å². The van der Waals surface area contributed by atoms with E-state index in [0.717, 1.165) is 28.4 Å². The summed E-state index contributed by atoms with van der Waals surface area (Å²) in [6.45, 7) is 2.68. The molecule has 1 aliphatic rings. The zero-order valence-electron chi connectivity index (χ0n) is 17.3. The predicted octanol–water partition coefficient (Wildman–Crippen LogP) is 4.49. The predicted molar refractivity (Wildman–Crippen MR) is 127 cm³/mol. The van der Waals surface area contributed by atoms with E-state index in [1.165, 1.54) is 16.9 Å². The highest BCUT2D eigenvalue weighted by Gasteiger charge is 2.34. The zero-order valence-corrected chi connectivity index (χ0v) is 18.9. The number of aromatic nitrogens is 2. The van der Waals surface area contributed by atoms with Crippen molar-refractivity contribution in [2.75, 3.05) is 22.5 Å². The Hall–Kier alpha value is -2.71. The number of hydrogen-bond acceptors (Lipinski definition) is 6. The highest BCUT2D eigenvalue weighted by Crippen LogP contribution is 2.35. The second-order valence-corrected chi connectivity index (χ2v) is 9.35. The number of carbonyl (C=O) groups is 2. The molecule has 3 aromatic rings. The van der Waals surface area contributed by atoms with Gasteiger partial charge in [0.05, 0.1) is 5.75 Å². The SMILES string of the molecule is CCc1ccccc1N1C[C@H](c2nnc(NC(=O)CSCc3ccccc3)s2)CC1=O. The third-order valence-corrected chi connectivity index (χ3v) is 7.17. The number of amides is 2. The van der Waals surface area contributed by atoms with E-state index in [2.05, 4.69) is 28.5 Å². The highest BCUT2D eigenvalue weighted by atomic mass is 32.2. The van der Waals surface area contributed by atoms with Gasteiger partial charge in [-0.15, -0.1) is 22.0 Å². The van der Waals surface area contributed by atoms with Crippen LogP contribution in [0.2, 0.25) is 0 Å². The minimum absolute atomic E-state index is 0.00646. The smallest absolute Gasteiger partial charge is 0.236 e. The van der Waals surface area contributed by atoms with E-state index in [0.29, 0.717) is 23.8 Å². The van der Waals surface area contributed by atoms with Crippen molar-refractivity contribution in [2.24, 2.45) is 0 Å². The minimum Gasteiger partial charge on any atom is -0.311 e. The fraction of sp³-hybridized carbons (Fsp3) is 0.304. The molecule has 1 fully saturated rings. The van der Waals surface area contributed by atoms with Crippen molar-refractivity contribution in [3.05, 3.63) is 70.7 Å². The molecule has 0 spiro atoms. The van der Waals surface area contributed by atoms with Crippen LogP contribution >= 0.6 is 23.1 Å². The Morgan fingerprint density at radius 1 is 1.16 bits per heavy atom. The molecule has 2 aromatic carbocycles. The van der Waals surface area contributed by atoms with Crippen LogP contribution in [0.4, 0.5) is 10.8 Å². The molecular weight excluding hydrogens is 428 g/mol. The van der Waals surface area contributed by atoms with Crippen LogP contribution in [0.1, 0.15) is 35.4 Å². The van der Waals surface area contributed by atoms with Gasteiger partial charge in [0.15, 0.2) is 0 Å². The van der Waals surface area contributed by atoms with Gasteiger partial charge in [-0.25, -0.2) is 0 Å². The molecule has 1 saturated heterocycles. The van der Waals surface area contributed by atoms with Crippen molar-refractivity contribution in [3.63, 3.8) is 0 Å². The molecule has 0 saturated carbocycles. The molecule has 1 N–H and O–H groups in total. The summed E-state index contributed by atoms with van der Waals surface area (Å²) in [4.78, 5) is 26.7. The molecule has 0 unspecified atom stereocenters. The summed E-state index contributed by atoms with van der Waals surface area (Å²) >= 11 is 2.92. The molecular formula is C23H24N4O2S2. The molecule has 8 heteroatoms. The minimum atomic E-state index is -0.0929. The Morgan fingerprint density at radius 3 is 2.74 bits per heavy atom. The summed E-state index contributed by atoms with van der Waals surface area (Å²) in [5, 5.41) is 12.5. The van der Waals surface area contributed by atoms with E-state index < -0.39 is 0 Å². The van der Waals surface area contributed by atoms with Gasteiger partial charge in [-0.05, 0) is 23.6 Å². The maximum atomic E-state index is 12.7. The molecule has 4 rings (SSSR count). The summed E-state index contributed by atoms with van der Waals surface area (Å²) < 4.78 is 0. The Bertz CT molecular complexity index is 1050. The van der Waals surface area contributed by atoms with E-state index in [1.807, 2.05) is 53.4 Å². The van der Waals surface area contributed by atoms with Crippen molar-refractivity contribution >= 4 is 45.7 Å². The summed E-state index contributed by atoms with van der Waals surface area (Å²) in [5.41, 5.74) is 3.33. The van der Waals surface area contributed by atoms with Crippen molar-refractivity contribution in [1.29, 1.82) is 0 Å². The largest absolute Gasteiger partial charge is 0.311 e. The van der Waals surface area contributed by atoms with Gasteiger partial charge in [-0.3, -0.25) is 14.9 Å². The normalized spacial score (nSPS) is 16.0. The standard InChI is InChI=1S/C23H24N4O2S2/c1-2-17-10-6-7-11-19(17)27-13-18(12-21(27)29)22-25-26-23(31-22)24-20(28)15-30-14-16-8-4-3-5-9-16/h3-11,18H,2,12-15H2,1H3,(H,24,26,28)/t18-/m1/s1. The first-order valence-corrected chi connectivity index (χ1v) is 12.2. The van der Waals surface area contributed by atoms with Gasteiger partial charge in [0.1, 0.15) is 5.01 Å². The highest BCUT2D eigenvalue weighted by molar-refractivity contribution is 7.99. The van der Waals surface area contributed by atoms with Gasteiger partial charge in [0, 0.05) is 30.3 Å². The van der Waals surface area contributed by atoms with Gasteiger partial charge in [0.25, 0.3) is 0 Å². The maximum absolute atomic E-state index is 12.7. The lowest BCUT2D eigenvalue weighted by Gasteiger charge is -2.19. The van der Waals surface area contributed by atoms with Gasteiger partial charge >= 0.3 is 0 Å². The second-order valence-electron chi connectivity index (χ2n) is 7.36. The Labute approximate surface area is 190 Å². The Balaban J connectivity index is 1.32. The molecule has 0 aliphatic carbocycles. The summed E-state index contributed by atoms with van der Waals surface area (Å²) in [6, 6.07) is 18.1. The number of nitrogens with one attached hydrogen (secondary N) is 1. The topological polar surface area (TPSA) is 75.2 Å². The lowest BCUT2D eigenvalue weighted by atomic mass is 10.1. The van der Waals surface area contributed by atoms with E-state index in [1.54, 1.807) is 11.8 Å². The summed E-state index contributed by atoms with van der Waals surface area (Å²) in [6.07, 6.45) is 1.29.